The van der Waals surface area contributed by atoms with Crippen LogP contribution in [0.2, 0.25) is 0 Å². The lowest BCUT2D eigenvalue weighted by atomic mass is 9.96. The molecule has 0 fully saturated rings. The van der Waals surface area contributed by atoms with Crippen molar-refractivity contribution in [2.75, 3.05) is 0 Å². The average molecular weight is 277 g/mol. The smallest absolute Gasteiger partial charge is 0.00886 e. The molecule has 0 aromatic carbocycles. The maximum absolute atomic E-state index is 3.89. The highest BCUT2D eigenvalue weighted by molar-refractivity contribution is 4.98. The zero-order valence-corrected chi connectivity index (χ0v) is 13.9. The highest BCUT2D eigenvalue weighted by Crippen LogP contribution is 2.17. The van der Waals surface area contributed by atoms with Crippen molar-refractivity contribution in [2.24, 2.45) is 5.92 Å². The lowest BCUT2D eigenvalue weighted by Crippen LogP contribution is -1.95. The highest BCUT2D eigenvalue weighted by Gasteiger charge is 2.01. The number of hydrogen-bond donors (Lipinski definition) is 0. The van der Waals surface area contributed by atoms with Gasteiger partial charge in [-0.2, -0.15) is 0 Å². The summed E-state index contributed by atoms with van der Waals surface area (Å²) < 4.78 is 0. The van der Waals surface area contributed by atoms with Crippen molar-refractivity contribution in [1.82, 2.24) is 0 Å². The molecular formula is C20H36. The molecule has 0 rings (SSSR count). The van der Waals surface area contributed by atoms with Crippen molar-refractivity contribution in [3.63, 3.8) is 0 Å². The van der Waals surface area contributed by atoms with E-state index in [0.29, 0.717) is 0 Å². The van der Waals surface area contributed by atoms with Crippen molar-refractivity contribution in [3.8, 4) is 11.8 Å². The van der Waals surface area contributed by atoms with E-state index in [9.17, 15) is 0 Å². The molecule has 0 nitrogen and oxygen atoms in total. The quantitative estimate of drug-likeness (QED) is 0.257. The summed E-state index contributed by atoms with van der Waals surface area (Å²) in [5.41, 5.74) is 0. The van der Waals surface area contributed by atoms with Gasteiger partial charge in [-0.3, -0.25) is 0 Å². The molecule has 0 amide bonds. The third-order valence-electron chi connectivity index (χ3n) is 3.87. The minimum absolute atomic E-state index is 0.923. The predicted molar refractivity (Wildman–Crippen MR) is 92.3 cm³/mol. The molecule has 0 spiro atoms. The Kier molecular flexibility index (Phi) is 16.2. The summed E-state index contributed by atoms with van der Waals surface area (Å²) in [6, 6.07) is 0. The van der Waals surface area contributed by atoms with E-state index in [1.54, 1.807) is 0 Å². The highest BCUT2D eigenvalue weighted by atomic mass is 14.1. The molecule has 0 heterocycles. The van der Waals surface area contributed by atoms with Gasteiger partial charge in [-0.25, -0.2) is 0 Å². The van der Waals surface area contributed by atoms with E-state index in [1.165, 1.54) is 64.2 Å². The number of hydrogen-bond acceptors (Lipinski definition) is 0. The molecule has 20 heavy (non-hydrogen) atoms. The molecule has 116 valence electrons. The van der Waals surface area contributed by atoms with E-state index in [2.05, 4.69) is 32.6 Å². The first kappa shape index (κ1) is 19.6. The van der Waals surface area contributed by atoms with Gasteiger partial charge in [-0.1, -0.05) is 85.0 Å². The molecule has 1 unspecified atom stereocenters. The Labute approximate surface area is 129 Å². The van der Waals surface area contributed by atoms with Gasteiger partial charge in [0.15, 0.2) is 0 Å². The Bertz CT molecular complexity index is 230. The van der Waals surface area contributed by atoms with Crippen LogP contribution in [0, 0.1) is 31.6 Å². The number of unbranched alkanes of at least 4 members (excludes halogenated alkanes) is 9. The summed E-state index contributed by atoms with van der Waals surface area (Å²) in [4.78, 5) is 0. The summed E-state index contributed by atoms with van der Waals surface area (Å²) >= 11 is 0. The Morgan fingerprint density at radius 1 is 0.650 bits per heavy atom. The maximum atomic E-state index is 3.89. The molecule has 0 heteroatoms. The van der Waals surface area contributed by atoms with E-state index in [4.69, 9.17) is 0 Å². The van der Waals surface area contributed by atoms with E-state index in [0.717, 1.165) is 31.6 Å². The van der Waals surface area contributed by atoms with Gasteiger partial charge in [0.05, 0.1) is 0 Å². The normalized spacial score (nSPS) is 11.9. The van der Waals surface area contributed by atoms with Crippen LogP contribution in [0.3, 0.4) is 0 Å². The summed E-state index contributed by atoms with van der Waals surface area (Å²) in [7, 11) is 0. The van der Waals surface area contributed by atoms with Crippen LogP contribution in [0.25, 0.3) is 0 Å². The van der Waals surface area contributed by atoms with Crippen molar-refractivity contribution in [3.05, 3.63) is 13.8 Å². The van der Waals surface area contributed by atoms with Gasteiger partial charge in [-0.05, 0) is 18.8 Å². The van der Waals surface area contributed by atoms with Gasteiger partial charge >= 0.3 is 0 Å². The standard InChI is InChI=1S/C20H36/c1-4-6-8-10-11-12-13-15-17-19-20(3)18-16-14-9-7-5-2/h20H,1-2,4-7,9,11-19H2,3H3. The fourth-order valence-corrected chi connectivity index (χ4v) is 2.49. The molecule has 2 radical (unpaired) electrons. The Hall–Kier alpha value is -0.440. The largest absolute Gasteiger partial charge is 0.103 e. The minimum Gasteiger partial charge on any atom is -0.103 e. The first-order valence-electron chi connectivity index (χ1n) is 8.85. The zero-order valence-electron chi connectivity index (χ0n) is 13.9. The molecule has 0 saturated carbocycles. The monoisotopic (exact) mass is 276 g/mol. The van der Waals surface area contributed by atoms with Gasteiger partial charge < -0.3 is 0 Å². The summed E-state index contributed by atoms with van der Waals surface area (Å²) in [5.74, 6) is 7.32. The lowest BCUT2D eigenvalue weighted by molar-refractivity contribution is 0.434. The predicted octanol–water partition coefficient (Wildman–Crippen LogP) is 6.76. The first-order chi connectivity index (χ1) is 9.81. The summed E-state index contributed by atoms with van der Waals surface area (Å²) in [6.07, 6.45) is 17.9. The van der Waals surface area contributed by atoms with Crippen LogP contribution in [0.15, 0.2) is 0 Å². The molecule has 0 aliphatic rings. The second-order valence-corrected chi connectivity index (χ2v) is 6.07. The third kappa shape index (κ3) is 15.6. The minimum atomic E-state index is 0.923. The molecule has 0 aromatic heterocycles. The topological polar surface area (TPSA) is 0 Å². The average Bonchev–Trinajstić information content (AvgIpc) is 2.45. The second-order valence-electron chi connectivity index (χ2n) is 6.07. The SMILES string of the molecule is [CH2]CCC#CCCCCCCC(C)CCCCCC[CH2]. The summed E-state index contributed by atoms with van der Waals surface area (Å²) in [6.45, 7) is 10.1. The molecule has 0 aromatic rings. The molecule has 1 atom stereocenters. The molecular weight excluding hydrogens is 240 g/mol. The van der Waals surface area contributed by atoms with Gasteiger partial charge in [0.25, 0.3) is 0 Å². The van der Waals surface area contributed by atoms with Crippen molar-refractivity contribution in [1.29, 1.82) is 0 Å². The maximum Gasteiger partial charge on any atom is 0.00886 e. The van der Waals surface area contributed by atoms with Crippen LogP contribution in [0.4, 0.5) is 0 Å². The fraction of sp³-hybridized carbons (Fsp3) is 0.800. The zero-order chi connectivity index (χ0) is 14.9. The molecule has 0 aliphatic carbocycles. The molecule has 0 bridgehead atoms. The Morgan fingerprint density at radius 3 is 1.80 bits per heavy atom. The summed E-state index contributed by atoms with van der Waals surface area (Å²) in [5, 5.41) is 0. The van der Waals surface area contributed by atoms with Crippen LogP contribution in [0.1, 0.15) is 96.8 Å². The van der Waals surface area contributed by atoms with E-state index in [-0.39, 0.29) is 0 Å². The molecule has 0 saturated heterocycles. The Balaban J connectivity index is 3.19. The molecule has 0 aliphatic heterocycles. The van der Waals surface area contributed by atoms with E-state index in [1.807, 2.05) is 0 Å². The third-order valence-corrected chi connectivity index (χ3v) is 3.87. The van der Waals surface area contributed by atoms with Crippen LogP contribution in [-0.4, -0.2) is 0 Å². The Morgan fingerprint density at radius 2 is 1.20 bits per heavy atom. The first-order valence-corrected chi connectivity index (χ1v) is 8.85. The van der Waals surface area contributed by atoms with Gasteiger partial charge in [-0.15, -0.1) is 11.8 Å². The van der Waals surface area contributed by atoms with E-state index < -0.39 is 0 Å². The van der Waals surface area contributed by atoms with Gasteiger partial charge in [0.1, 0.15) is 0 Å². The number of rotatable bonds is 13. The van der Waals surface area contributed by atoms with Crippen molar-refractivity contribution in [2.45, 2.75) is 96.8 Å². The second kappa shape index (κ2) is 16.6. The van der Waals surface area contributed by atoms with Gasteiger partial charge in [0.2, 0.25) is 0 Å². The van der Waals surface area contributed by atoms with Gasteiger partial charge in [0, 0.05) is 12.8 Å². The molecule has 0 N–H and O–H groups in total. The van der Waals surface area contributed by atoms with Crippen molar-refractivity contribution < 1.29 is 0 Å². The van der Waals surface area contributed by atoms with Crippen LogP contribution in [-0.2, 0) is 0 Å². The fourth-order valence-electron chi connectivity index (χ4n) is 2.49. The lowest BCUT2D eigenvalue weighted by Gasteiger charge is -2.10. The van der Waals surface area contributed by atoms with Crippen LogP contribution < -0.4 is 0 Å². The van der Waals surface area contributed by atoms with Crippen LogP contribution >= 0.6 is 0 Å². The van der Waals surface area contributed by atoms with E-state index >= 15 is 0 Å². The van der Waals surface area contributed by atoms with Crippen LogP contribution in [0.5, 0.6) is 0 Å². The van der Waals surface area contributed by atoms with Crippen molar-refractivity contribution >= 4 is 0 Å².